The van der Waals surface area contributed by atoms with Gasteiger partial charge in [-0.05, 0) is 0 Å². The second kappa shape index (κ2) is 12.5. The predicted octanol–water partition coefficient (Wildman–Crippen LogP) is 8.48. The quantitative estimate of drug-likeness (QED) is 0.217. The van der Waals surface area contributed by atoms with Crippen LogP contribution in [0.2, 0.25) is 0 Å². The highest BCUT2D eigenvalue weighted by Gasteiger charge is 2.34. The smallest absolute Gasteiger partial charge is 0.339 e. The molecule has 0 unspecified atom stereocenters. The summed E-state index contributed by atoms with van der Waals surface area (Å²) in [5, 5.41) is 3.31. The lowest BCUT2D eigenvalue weighted by Crippen LogP contribution is -2.16. The van der Waals surface area contributed by atoms with E-state index in [9.17, 15) is 9.59 Å². The minimum absolute atomic E-state index is 0.212. The lowest BCUT2D eigenvalue weighted by Gasteiger charge is -2.21. The van der Waals surface area contributed by atoms with Crippen molar-refractivity contribution in [3.63, 3.8) is 0 Å². The monoisotopic (exact) mass is 546 g/mol. The van der Waals surface area contributed by atoms with E-state index in [2.05, 4.69) is 55.4 Å². The number of rotatable bonds is 10. The van der Waals surface area contributed by atoms with Gasteiger partial charge in [-0.25, -0.2) is 9.59 Å². The summed E-state index contributed by atoms with van der Waals surface area (Å²) in [5.41, 5.74) is 0.645. The molecule has 0 saturated carbocycles. The van der Waals surface area contributed by atoms with Crippen LogP contribution in [0.4, 0.5) is 0 Å². The molecule has 0 radical (unpaired) electrons. The molecule has 0 atom stereocenters. The Morgan fingerprint density at radius 3 is 1.15 bits per heavy atom. The number of benzene rings is 1. The van der Waals surface area contributed by atoms with Crippen molar-refractivity contribution in [1.82, 2.24) is 0 Å². The van der Waals surface area contributed by atoms with E-state index in [1.165, 1.54) is 22.6 Å². The molecule has 0 fully saturated rings. The lowest BCUT2D eigenvalue weighted by molar-refractivity contribution is 0.0549. The van der Waals surface area contributed by atoms with Crippen LogP contribution < -0.4 is 0 Å². The van der Waals surface area contributed by atoms with Crippen molar-refractivity contribution in [1.29, 1.82) is 0 Å². The Kier molecular flexibility index (Phi) is 10.9. The molecule has 0 N–H and O–H groups in total. The third kappa shape index (κ3) is 6.81. The van der Waals surface area contributed by atoms with E-state index in [1.807, 2.05) is 23.5 Å². The van der Waals surface area contributed by atoms with Gasteiger partial charge in [-0.3, -0.25) is 0 Å². The molecule has 0 aliphatic heterocycles. The van der Waals surface area contributed by atoms with Gasteiger partial charge in [-0.15, -0.1) is 58.4 Å². The number of ether oxygens (including phenoxy) is 2. The molecule has 0 aliphatic rings. The number of esters is 2. The molecular weight excluding hydrogens is 513 g/mol. The maximum atomic E-state index is 13.2. The molecule has 1 aromatic heterocycles. The van der Waals surface area contributed by atoms with E-state index in [1.54, 1.807) is 34.9 Å². The van der Waals surface area contributed by atoms with Crippen molar-refractivity contribution < 1.29 is 19.1 Å². The fraction of sp³-hybridized carbons (Fsp3) is 0.583. The first kappa shape index (κ1) is 28.8. The number of thioether (sulfide) groups is 4. The van der Waals surface area contributed by atoms with Crippen molar-refractivity contribution in [2.75, 3.05) is 14.2 Å². The minimum Gasteiger partial charge on any atom is -0.465 e. The zero-order valence-electron chi connectivity index (χ0n) is 21.0. The van der Waals surface area contributed by atoms with E-state index in [-0.39, 0.29) is 10.5 Å². The first-order valence-corrected chi connectivity index (χ1v) is 15.3. The molecule has 1 heterocycles. The zero-order chi connectivity index (χ0) is 25.0. The van der Waals surface area contributed by atoms with Gasteiger partial charge in [0.1, 0.15) is 0 Å². The molecular formula is C24H34O4S5. The van der Waals surface area contributed by atoms with Crippen LogP contribution in [0.15, 0.2) is 18.2 Å². The summed E-state index contributed by atoms with van der Waals surface area (Å²) in [6, 6.07) is 0. The van der Waals surface area contributed by atoms with Crippen LogP contribution >= 0.6 is 58.4 Å². The fourth-order valence-electron chi connectivity index (χ4n) is 3.17. The Morgan fingerprint density at radius 1 is 0.606 bits per heavy atom. The van der Waals surface area contributed by atoms with Gasteiger partial charge in [-0.2, -0.15) is 0 Å². The van der Waals surface area contributed by atoms with E-state index in [0.29, 0.717) is 21.6 Å². The summed E-state index contributed by atoms with van der Waals surface area (Å²) in [6.07, 6.45) is 0. The first-order valence-electron chi connectivity index (χ1n) is 10.9. The number of carbonyl (C=O) groups excluding carboxylic acids is 2. The molecule has 0 saturated heterocycles. The number of fused-ring (bicyclic) bond motifs is 1. The zero-order valence-corrected chi connectivity index (χ0v) is 25.1. The maximum absolute atomic E-state index is 13.2. The van der Waals surface area contributed by atoms with E-state index >= 15 is 0 Å². The Bertz CT molecular complexity index is 930. The molecule has 0 bridgehead atoms. The van der Waals surface area contributed by atoms with Crippen molar-refractivity contribution in [2.24, 2.45) is 0 Å². The van der Waals surface area contributed by atoms with Crippen LogP contribution in [0.3, 0.4) is 0 Å². The van der Waals surface area contributed by atoms with Crippen LogP contribution in [0, 0.1) is 0 Å². The van der Waals surface area contributed by atoms with Gasteiger partial charge in [0.15, 0.2) is 0 Å². The average molecular weight is 547 g/mol. The summed E-state index contributed by atoms with van der Waals surface area (Å²) in [4.78, 5) is 28.0. The lowest BCUT2D eigenvalue weighted by atomic mass is 10.0. The predicted molar refractivity (Wildman–Crippen MR) is 148 cm³/mol. The summed E-state index contributed by atoms with van der Waals surface area (Å²) in [5.74, 6) is -1.01. The maximum Gasteiger partial charge on any atom is 0.339 e. The molecule has 0 amide bonds. The topological polar surface area (TPSA) is 52.6 Å². The van der Waals surface area contributed by atoms with Crippen LogP contribution in [0.25, 0.3) is 10.8 Å². The Hall–Kier alpha value is -0.480. The Labute approximate surface area is 219 Å². The van der Waals surface area contributed by atoms with Crippen molar-refractivity contribution >= 4 is 81.1 Å². The summed E-state index contributed by atoms with van der Waals surface area (Å²) in [7, 11) is 2.73. The Balaban J connectivity index is 3.22. The number of hydrogen-bond acceptors (Lipinski definition) is 9. The number of methoxy groups -OCH3 is 2. The molecule has 33 heavy (non-hydrogen) atoms. The van der Waals surface area contributed by atoms with Gasteiger partial charge < -0.3 is 9.47 Å². The molecule has 0 spiro atoms. The van der Waals surface area contributed by atoms with Crippen LogP contribution in [0.1, 0.15) is 76.1 Å². The summed E-state index contributed by atoms with van der Waals surface area (Å²) >= 11 is 8.59. The summed E-state index contributed by atoms with van der Waals surface area (Å²) in [6.45, 7) is 17.1. The number of carbonyl (C=O) groups is 2. The third-order valence-electron chi connectivity index (χ3n) is 4.17. The average Bonchev–Trinajstić information content (AvgIpc) is 3.03. The van der Waals surface area contributed by atoms with E-state index in [0.717, 1.165) is 20.6 Å². The molecule has 1 aromatic carbocycles. The molecule has 2 rings (SSSR count). The third-order valence-corrected chi connectivity index (χ3v) is 10.0. The van der Waals surface area contributed by atoms with Crippen LogP contribution in [-0.2, 0) is 9.47 Å². The molecule has 9 heteroatoms. The largest absolute Gasteiger partial charge is 0.465 e. The number of hydrogen-bond donors (Lipinski definition) is 0. The normalized spacial score (nSPS) is 11.9. The Morgan fingerprint density at radius 2 is 0.909 bits per heavy atom. The van der Waals surface area contributed by atoms with Gasteiger partial charge in [0, 0.05) is 41.6 Å². The first-order chi connectivity index (χ1) is 15.4. The van der Waals surface area contributed by atoms with Gasteiger partial charge in [0.05, 0.1) is 33.8 Å². The van der Waals surface area contributed by atoms with Gasteiger partial charge >= 0.3 is 11.9 Å². The highest BCUT2D eigenvalue weighted by atomic mass is 32.2. The van der Waals surface area contributed by atoms with Gasteiger partial charge in [-0.1, -0.05) is 55.4 Å². The van der Waals surface area contributed by atoms with E-state index in [4.69, 9.17) is 9.47 Å². The van der Waals surface area contributed by atoms with Crippen LogP contribution in [0.5, 0.6) is 0 Å². The standard InChI is InChI=1S/C24H34O4S5/c1-11(2)29-19-15(21(25)27-9)16(22(26)28-10)20(30-12(3)4)18-17(19)23(31-13(5)6)33-24(18)32-14(7)8/h11-14H,1-10H3. The minimum atomic E-state index is -0.504. The molecule has 184 valence electrons. The molecule has 2 aromatic rings. The van der Waals surface area contributed by atoms with Crippen molar-refractivity contribution in [3.05, 3.63) is 11.1 Å². The highest BCUT2D eigenvalue weighted by molar-refractivity contribution is 8.04. The van der Waals surface area contributed by atoms with Crippen molar-refractivity contribution in [2.45, 2.75) is 94.6 Å². The van der Waals surface area contributed by atoms with Gasteiger partial charge in [0.2, 0.25) is 0 Å². The second-order valence-corrected chi connectivity index (χ2v) is 16.4. The highest BCUT2D eigenvalue weighted by Crippen LogP contribution is 2.54. The molecule has 4 nitrogen and oxygen atoms in total. The fourth-order valence-corrected chi connectivity index (χ4v) is 10.1. The summed E-state index contributed by atoms with van der Waals surface area (Å²) < 4.78 is 12.8. The van der Waals surface area contributed by atoms with Crippen molar-refractivity contribution in [3.8, 4) is 0 Å². The van der Waals surface area contributed by atoms with Crippen LogP contribution in [-0.4, -0.2) is 47.2 Å². The number of thiophene rings is 1. The van der Waals surface area contributed by atoms with E-state index < -0.39 is 11.9 Å². The molecule has 0 aliphatic carbocycles. The SMILES string of the molecule is COC(=O)c1c(C(=O)OC)c(SC(C)C)c2c(SC(C)C)sc(SC(C)C)c2c1SC(C)C. The second-order valence-electron chi connectivity index (χ2n) is 8.48. The van der Waals surface area contributed by atoms with Gasteiger partial charge in [0.25, 0.3) is 0 Å².